The number of ether oxygens (including phenoxy) is 3. The van der Waals surface area contributed by atoms with Crippen LogP contribution in [0.4, 0.5) is 0 Å². The highest BCUT2D eigenvalue weighted by Crippen LogP contribution is 2.26. The van der Waals surface area contributed by atoms with E-state index in [1.807, 2.05) is 18.2 Å². The summed E-state index contributed by atoms with van der Waals surface area (Å²) in [6.07, 6.45) is 61.5. The van der Waals surface area contributed by atoms with E-state index >= 15 is 0 Å². The van der Waals surface area contributed by atoms with E-state index < -0.39 is 67.4 Å². The number of rotatable bonds is 52. The molecule has 1 amide bonds. The molecule has 0 spiro atoms. The lowest BCUT2D eigenvalue weighted by molar-refractivity contribution is -0.305. The van der Waals surface area contributed by atoms with E-state index in [4.69, 9.17) is 14.2 Å². The Morgan fingerprint density at radius 3 is 1.51 bits per heavy atom. The average molecular weight is 1090 g/mol. The summed E-state index contributed by atoms with van der Waals surface area (Å²) in [5, 5.41) is 57.0. The fourth-order valence-corrected chi connectivity index (χ4v) is 9.28. The summed E-state index contributed by atoms with van der Waals surface area (Å²) < 4.78 is 17.6. The zero-order chi connectivity index (χ0) is 56.8. The van der Waals surface area contributed by atoms with Crippen molar-refractivity contribution in [1.29, 1.82) is 0 Å². The summed E-state index contributed by atoms with van der Waals surface area (Å²) in [7, 11) is 0. The molecule has 1 saturated heterocycles. The summed E-state index contributed by atoms with van der Waals surface area (Å²) in [5.41, 5.74) is 0. The number of hydrogen-bond acceptors (Lipinski definition) is 10. The van der Waals surface area contributed by atoms with Crippen molar-refractivity contribution in [2.45, 2.75) is 301 Å². The third-order valence-corrected chi connectivity index (χ3v) is 14.3. The molecule has 0 saturated carbocycles. The Bertz CT molecular complexity index is 1630. The van der Waals surface area contributed by atoms with Crippen molar-refractivity contribution in [2.24, 2.45) is 0 Å². The molecule has 0 aromatic rings. The SMILES string of the molecule is CC/C=C/C=C/C=C/CCCCCCCCC(O)C(=O)NC(COC1OC(CO)C(O)C(O)C1OC(=O)CCCCCCCCC/C=C\C/C=C\C/C=C\C/C=C\CCCCC)C(O)/C=C/CCCCCCCCCCCC. The van der Waals surface area contributed by atoms with Crippen LogP contribution in [0, 0.1) is 0 Å². The fraction of sp³-hybridized carbons (Fsp3) is 0.731. The summed E-state index contributed by atoms with van der Waals surface area (Å²) in [6.45, 7) is 5.61. The van der Waals surface area contributed by atoms with Crippen LogP contribution in [0.15, 0.2) is 97.2 Å². The first kappa shape index (κ1) is 72.6. The van der Waals surface area contributed by atoms with E-state index in [-0.39, 0.29) is 19.4 Å². The molecule has 0 aromatic carbocycles. The molecule has 6 N–H and O–H groups in total. The number of esters is 1. The Kier molecular flexibility index (Phi) is 50.4. The Labute approximate surface area is 475 Å². The molecule has 1 heterocycles. The minimum Gasteiger partial charge on any atom is -0.454 e. The minimum atomic E-state index is -1.63. The van der Waals surface area contributed by atoms with Gasteiger partial charge >= 0.3 is 5.97 Å². The van der Waals surface area contributed by atoms with Crippen LogP contribution in [0.2, 0.25) is 0 Å². The van der Waals surface area contributed by atoms with Gasteiger partial charge in [0.05, 0.1) is 25.4 Å². The molecule has 448 valence electrons. The number of hydrogen-bond donors (Lipinski definition) is 6. The lowest BCUT2D eigenvalue weighted by Gasteiger charge is -2.41. The minimum absolute atomic E-state index is 0.105. The number of unbranched alkanes of at least 4 members (excludes halogenated alkanes) is 26. The Morgan fingerprint density at radius 1 is 0.526 bits per heavy atom. The Hall–Kier alpha value is -3.42. The first-order valence-electron chi connectivity index (χ1n) is 31.5. The summed E-state index contributed by atoms with van der Waals surface area (Å²) in [4.78, 5) is 26.5. The van der Waals surface area contributed by atoms with E-state index in [2.05, 4.69) is 99.0 Å². The van der Waals surface area contributed by atoms with Gasteiger partial charge in [-0.1, -0.05) is 253 Å². The fourth-order valence-electron chi connectivity index (χ4n) is 9.28. The highest BCUT2D eigenvalue weighted by atomic mass is 16.7. The summed E-state index contributed by atoms with van der Waals surface area (Å²) >= 11 is 0. The third kappa shape index (κ3) is 41.6. The molecular formula is C67H115NO10. The van der Waals surface area contributed by atoms with Crippen molar-refractivity contribution in [2.75, 3.05) is 13.2 Å². The number of aliphatic hydroxyl groups is 5. The second-order valence-electron chi connectivity index (χ2n) is 21.5. The van der Waals surface area contributed by atoms with Crippen LogP contribution >= 0.6 is 0 Å². The first-order valence-corrected chi connectivity index (χ1v) is 31.5. The highest BCUT2D eigenvalue weighted by Gasteiger charge is 2.47. The summed E-state index contributed by atoms with van der Waals surface area (Å²) in [6, 6.07) is -1.04. The number of aliphatic hydroxyl groups excluding tert-OH is 5. The van der Waals surface area contributed by atoms with E-state index in [1.54, 1.807) is 6.08 Å². The molecule has 8 atom stereocenters. The second-order valence-corrected chi connectivity index (χ2v) is 21.5. The van der Waals surface area contributed by atoms with Crippen LogP contribution in [-0.4, -0.2) is 99.6 Å². The van der Waals surface area contributed by atoms with Crippen LogP contribution < -0.4 is 5.32 Å². The van der Waals surface area contributed by atoms with Crippen molar-refractivity contribution < 1.29 is 49.3 Å². The maximum atomic E-state index is 13.4. The van der Waals surface area contributed by atoms with Gasteiger partial charge in [0.1, 0.15) is 24.4 Å². The number of nitrogens with one attached hydrogen (secondary N) is 1. The van der Waals surface area contributed by atoms with E-state index in [1.165, 1.54) is 77.0 Å². The van der Waals surface area contributed by atoms with E-state index in [9.17, 15) is 35.1 Å². The maximum absolute atomic E-state index is 13.4. The van der Waals surface area contributed by atoms with Crippen LogP contribution in [0.1, 0.15) is 252 Å². The standard InChI is InChI=1S/C67H115NO10/c1-4-7-10-13-16-19-22-25-27-28-29-30-31-32-33-34-35-37-40-43-46-49-52-55-62(72)78-65-64(74)63(73)61(56-69)77-67(65)76-57-58(59(70)53-50-47-44-41-38-24-21-18-15-12-9-6-3)68-66(75)60(71)54-51-48-45-42-39-36-26-23-20-17-14-11-8-5-2/h8,11,14,16-17,19-20,23,25,27,29-30,32-33,50,53,58-61,63-65,67,69-71,73-74H,4-7,9-10,12-13,15,18,21-22,24,26,28,31,34-49,51-52,54-57H2,1-3H3,(H,68,75)/b11-8+,17-14+,19-16-,23-20+,27-25-,30-29-,33-32-,53-50+. The second kappa shape index (κ2) is 54.2. The Morgan fingerprint density at radius 2 is 0.974 bits per heavy atom. The van der Waals surface area contributed by atoms with Crippen LogP contribution in [0.3, 0.4) is 0 Å². The van der Waals surface area contributed by atoms with Gasteiger partial charge in [0.2, 0.25) is 5.91 Å². The molecular weight excluding hydrogens is 979 g/mol. The van der Waals surface area contributed by atoms with Gasteiger partial charge in [-0.25, -0.2) is 0 Å². The van der Waals surface area contributed by atoms with Crippen molar-refractivity contribution in [3.63, 3.8) is 0 Å². The molecule has 11 nitrogen and oxygen atoms in total. The lowest BCUT2D eigenvalue weighted by Crippen LogP contribution is -2.61. The molecule has 0 aliphatic carbocycles. The molecule has 0 bridgehead atoms. The molecule has 11 heteroatoms. The number of allylic oxidation sites excluding steroid dienone is 15. The molecule has 8 unspecified atom stereocenters. The van der Waals surface area contributed by atoms with Crippen molar-refractivity contribution in [3.8, 4) is 0 Å². The predicted molar refractivity (Wildman–Crippen MR) is 324 cm³/mol. The molecule has 1 aliphatic rings. The maximum Gasteiger partial charge on any atom is 0.306 e. The van der Waals surface area contributed by atoms with Gasteiger partial charge in [-0.2, -0.15) is 0 Å². The van der Waals surface area contributed by atoms with Gasteiger partial charge in [0.15, 0.2) is 12.4 Å². The van der Waals surface area contributed by atoms with E-state index in [0.717, 1.165) is 128 Å². The molecule has 0 radical (unpaired) electrons. The largest absolute Gasteiger partial charge is 0.454 e. The summed E-state index contributed by atoms with van der Waals surface area (Å²) in [5.74, 6) is -1.22. The van der Waals surface area contributed by atoms with Gasteiger partial charge < -0.3 is 45.1 Å². The highest BCUT2D eigenvalue weighted by molar-refractivity contribution is 5.80. The molecule has 1 fully saturated rings. The topological polar surface area (TPSA) is 175 Å². The first-order chi connectivity index (χ1) is 38.2. The van der Waals surface area contributed by atoms with Gasteiger partial charge in [-0.15, -0.1) is 0 Å². The zero-order valence-electron chi connectivity index (χ0n) is 49.5. The monoisotopic (exact) mass is 1090 g/mol. The molecule has 1 rings (SSSR count). The normalized spacial score (nSPS) is 19.6. The van der Waals surface area contributed by atoms with Gasteiger partial charge in [-0.05, 0) is 89.9 Å². The van der Waals surface area contributed by atoms with Gasteiger partial charge in [0, 0.05) is 6.42 Å². The van der Waals surface area contributed by atoms with Crippen molar-refractivity contribution in [1.82, 2.24) is 5.32 Å². The van der Waals surface area contributed by atoms with Crippen LogP contribution in [-0.2, 0) is 23.8 Å². The predicted octanol–water partition coefficient (Wildman–Crippen LogP) is 15.1. The number of carbonyl (C=O) groups excluding carboxylic acids is 2. The number of amides is 1. The van der Waals surface area contributed by atoms with Crippen molar-refractivity contribution >= 4 is 11.9 Å². The third-order valence-electron chi connectivity index (χ3n) is 14.3. The van der Waals surface area contributed by atoms with Crippen LogP contribution in [0.5, 0.6) is 0 Å². The van der Waals surface area contributed by atoms with Crippen molar-refractivity contribution in [3.05, 3.63) is 97.2 Å². The Balaban J connectivity index is 2.66. The molecule has 1 aliphatic heterocycles. The smallest absolute Gasteiger partial charge is 0.306 e. The number of carbonyl (C=O) groups is 2. The quantitative estimate of drug-likeness (QED) is 0.0149. The molecule has 78 heavy (non-hydrogen) atoms. The molecule has 0 aromatic heterocycles. The van der Waals surface area contributed by atoms with Gasteiger partial charge in [0.25, 0.3) is 0 Å². The lowest BCUT2D eigenvalue weighted by atomic mass is 9.99. The van der Waals surface area contributed by atoms with Crippen LogP contribution in [0.25, 0.3) is 0 Å². The van der Waals surface area contributed by atoms with E-state index in [0.29, 0.717) is 12.8 Å². The average Bonchev–Trinajstić information content (AvgIpc) is 3.45. The van der Waals surface area contributed by atoms with Gasteiger partial charge in [-0.3, -0.25) is 9.59 Å². The zero-order valence-corrected chi connectivity index (χ0v) is 49.5.